The number of unbranched alkanes of at least 4 members (excludes halogenated alkanes) is 5. The van der Waals surface area contributed by atoms with Gasteiger partial charge in [0.25, 0.3) is 0 Å². The summed E-state index contributed by atoms with van der Waals surface area (Å²) in [6, 6.07) is 0. The molecule has 0 rings (SSSR count). The van der Waals surface area contributed by atoms with Gasteiger partial charge in [-0.1, -0.05) is 52.4 Å². The standard InChI is InChI=1S/C8H18.2C2H2O4/c1-3-5-7-8-6-4-2;2*3-1(4)2(5)6/h3-8H2,1-2H3;2*(H,3,4)(H,5,6). The predicted molar refractivity (Wildman–Crippen MR) is 69.6 cm³/mol. The Balaban J connectivity index is -0.000000221. The van der Waals surface area contributed by atoms with Crippen LogP contribution in [-0.2, 0) is 19.2 Å². The molecule has 0 aliphatic rings. The van der Waals surface area contributed by atoms with E-state index in [0.29, 0.717) is 0 Å². The molecule has 0 unspecified atom stereocenters. The van der Waals surface area contributed by atoms with Crippen LogP contribution in [0.15, 0.2) is 0 Å². The molecule has 0 fully saturated rings. The number of hydrogen-bond donors (Lipinski definition) is 4. The molecule has 0 amide bonds. The fraction of sp³-hybridized carbons (Fsp3) is 0.667. The first kappa shape index (κ1) is 23.0. The molecule has 0 saturated carbocycles. The third-order valence-electron chi connectivity index (χ3n) is 1.82. The first-order valence-electron chi connectivity index (χ1n) is 6.13. The van der Waals surface area contributed by atoms with Crippen LogP contribution in [0.1, 0.15) is 52.4 Å². The van der Waals surface area contributed by atoms with Crippen molar-refractivity contribution in [3.8, 4) is 0 Å². The highest BCUT2D eigenvalue weighted by Crippen LogP contribution is 2.03. The zero-order chi connectivity index (χ0) is 16.6. The number of hydrogen-bond acceptors (Lipinski definition) is 4. The van der Waals surface area contributed by atoms with Gasteiger partial charge in [-0.05, 0) is 0 Å². The Labute approximate surface area is 117 Å². The number of carboxylic acids is 4. The van der Waals surface area contributed by atoms with Crippen molar-refractivity contribution in [3.05, 3.63) is 0 Å². The van der Waals surface area contributed by atoms with Crippen molar-refractivity contribution in [3.63, 3.8) is 0 Å². The molecule has 118 valence electrons. The minimum absolute atomic E-state index is 1.36. The Morgan fingerprint density at radius 1 is 0.550 bits per heavy atom. The van der Waals surface area contributed by atoms with Crippen LogP contribution in [0.2, 0.25) is 0 Å². The maximum absolute atomic E-state index is 9.10. The lowest BCUT2D eigenvalue weighted by molar-refractivity contribution is -0.159. The molecule has 0 aromatic rings. The van der Waals surface area contributed by atoms with Crippen LogP contribution in [0.5, 0.6) is 0 Å². The second-order valence-corrected chi connectivity index (χ2v) is 3.63. The molecular formula is C12H22O8. The van der Waals surface area contributed by atoms with E-state index in [1.54, 1.807) is 0 Å². The maximum Gasteiger partial charge on any atom is 0.414 e. The molecule has 0 atom stereocenters. The quantitative estimate of drug-likeness (QED) is 0.442. The molecule has 0 radical (unpaired) electrons. The van der Waals surface area contributed by atoms with Crippen molar-refractivity contribution in [1.29, 1.82) is 0 Å². The predicted octanol–water partition coefficient (Wildman–Crippen LogP) is 1.68. The topological polar surface area (TPSA) is 149 Å². The Morgan fingerprint density at radius 3 is 0.850 bits per heavy atom. The van der Waals surface area contributed by atoms with Crippen LogP contribution >= 0.6 is 0 Å². The summed E-state index contributed by atoms with van der Waals surface area (Å²) in [5.41, 5.74) is 0. The average Bonchev–Trinajstić information content (AvgIpc) is 2.36. The van der Waals surface area contributed by atoms with Gasteiger partial charge >= 0.3 is 23.9 Å². The lowest BCUT2D eigenvalue weighted by Crippen LogP contribution is -2.09. The van der Waals surface area contributed by atoms with Crippen LogP contribution in [-0.4, -0.2) is 44.3 Å². The summed E-state index contributed by atoms with van der Waals surface area (Å²) >= 11 is 0. The van der Waals surface area contributed by atoms with Crippen LogP contribution in [0.4, 0.5) is 0 Å². The summed E-state index contributed by atoms with van der Waals surface area (Å²) in [6.07, 6.45) is 8.49. The second kappa shape index (κ2) is 16.9. The molecule has 0 spiro atoms. The normalized spacial score (nSPS) is 8.30. The fourth-order valence-corrected chi connectivity index (χ4v) is 0.854. The van der Waals surface area contributed by atoms with Gasteiger partial charge in [-0.3, -0.25) is 0 Å². The molecule has 0 aromatic carbocycles. The largest absolute Gasteiger partial charge is 0.473 e. The summed E-state index contributed by atoms with van der Waals surface area (Å²) in [7, 11) is 0. The molecule has 0 aliphatic heterocycles. The van der Waals surface area contributed by atoms with E-state index in [9.17, 15) is 0 Å². The van der Waals surface area contributed by atoms with Crippen LogP contribution in [0.3, 0.4) is 0 Å². The van der Waals surface area contributed by atoms with Crippen molar-refractivity contribution in [1.82, 2.24) is 0 Å². The van der Waals surface area contributed by atoms with Crippen LogP contribution in [0.25, 0.3) is 0 Å². The zero-order valence-electron chi connectivity index (χ0n) is 11.7. The summed E-state index contributed by atoms with van der Waals surface area (Å²) in [5.74, 6) is -7.30. The highest BCUT2D eigenvalue weighted by atomic mass is 16.4. The average molecular weight is 294 g/mol. The van der Waals surface area contributed by atoms with Gasteiger partial charge in [-0.2, -0.15) is 0 Å². The van der Waals surface area contributed by atoms with E-state index in [4.69, 9.17) is 39.6 Å². The molecule has 0 heterocycles. The van der Waals surface area contributed by atoms with Gasteiger partial charge in [-0.25, -0.2) is 19.2 Å². The van der Waals surface area contributed by atoms with Gasteiger partial charge in [0.1, 0.15) is 0 Å². The van der Waals surface area contributed by atoms with Gasteiger partial charge in [0.2, 0.25) is 0 Å². The molecule has 8 nitrogen and oxygen atoms in total. The van der Waals surface area contributed by atoms with Crippen molar-refractivity contribution in [2.24, 2.45) is 0 Å². The summed E-state index contributed by atoms with van der Waals surface area (Å²) in [6.45, 7) is 4.51. The summed E-state index contributed by atoms with van der Waals surface area (Å²) in [4.78, 5) is 36.4. The number of carboxylic acid groups (broad SMARTS) is 4. The maximum atomic E-state index is 9.10. The van der Waals surface area contributed by atoms with E-state index in [-0.39, 0.29) is 0 Å². The SMILES string of the molecule is CCCCCCCC.O=C(O)C(=O)O.O=C(O)C(=O)O. The number of carbonyl (C=O) groups is 4. The van der Waals surface area contributed by atoms with Gasteiger partial charge < -0.3 is 20.4 Å². The van der Waals surface area contributed by atoms with Crippen molar-refractivity contribution in [2.75, 3.05) is 0 Å². The van der Waals surface area contributed by atoms with E-state index in [1.807, 2.05) is 0 Å². The Hall–Kier alpha value is -2.12. The Bertz CT molecular complexity index is 244. The van der Waals surface area contributed by atoms with Crippen molar-refractivity contribution >= 4 is 23.9 Å². The van der Waals surface area contributed by atoms with Crippen molar-refractivity contribution in [2.45, 2.75) is 52.4 Å². The number of aliphatic carboxylic acids is 4. The van der Waals surface area contributed by atoms with Gasteiger partial charge in [0.05, 0.1) is 0 Å². The van der Waals surface area contributed by atoms with E-state index >= 15 is 0 Å². The van der Waals surface area contributed by atoms with E-state index in [1.165, 1.54) is 38.5 Å². The minimum Gasteiger partial charge on any atom is -0.473 e. The van der Waals surface area contributed by atoms with Gasteiger partial charge in [0.15, 0.2) is 0 Å². The zero-order valence-corrected chi connectivity index (χ0v) is 11.7. The molecular weight excluding hydrogens is 272 g/mol. The third kappa shape index (κ3) is 29.7. The summed E-state index contributed by atoms with van der Waals surface area (Å²) in [5, 5.41) is 29.6. The lowest BCUT2D eigenvalue weighted by Gasteiger charge is -1.93. The van der Waals surface area contributed by atoms with E-state index < -0.39 is 23.9 Å². The van der Waals surface area contributed by atoms with Crippen molar-refractivity contribution < 1.29 is 39.6 Å². The second-order valence-electron chi connectivity index (χ2n) is 3.63. The lowest BCUT2D eigenvalue weighted by atomic mass is 10.1. The first-order valence-corrected chi connectivity index (χ1v) is 6.13. The Kier molecular flexibility index (Phi) is 19.4. The Morgan fingerprint density at radius 2 is 0.750 bits per heavy atom. The van der Waals surface area contributed by atoms with E-state index in [2.05, 4.69) is 13.8 Å². The monoisotopic (exact) mass is 294 g/mol. The molecule has 4 N–H and O–H groups in total. The minimum atomic E-state index is -1.82. The number of rotatable bonds is 5. The molecule has 0 saturated heterocycles. The molecule has 0 aliphatic carbocycles. The van der Waals surface area contributed by atoms with Crippen LogP contribution < -0.4 is 0 Å². The molecule has 0 bridgehead atoms. The molecule has 8 heteroatoms. The smallest absolute Gasteiger partial charge is 0.414 e. The third-order valence-corrected chi connectivity index (χ3v) is 1.82. The molecule has 0 aromatic heterocycles. The highest BCUT2D eigenvalue weighted by molar-refractivity contribution is 6.27. The van der Waals surface area contributed by atoms with Gasteiger partial charge in [0, 0.05) is 0 Å². The van der Waals surface area contributed by atoms with E-state index in [0.717, 1.165) is 0 Å². The highest BCUT2D eigenvalue weighted by Gasteiger charge is 2.04. The summed E-state index contributed by atoms with van der Waals surface area (Å²) < 4.78 is 0. The first-order chi connectivity index (χ1) is 9.20. The van der Waals surface area contributed by atoms with Gasteiger partial charge in [-0.15, -0.1) is 0 Å². The molecule has 20 heavy (non-hydrogen) atoms. The van der Waals surface area contributed by atoms with Crippen LogP contribution in [0, 0.1) is 0 Å². The fourth-order valence-electron chi connectivity index (χ4n) is 0.854.